The molecule has 23 heavy (non-hydrogen) atoms. The van der Waals surface area contributed by atoms with Gasteiger partial charge in [-0.05, 0) is 42.7 Å². The van der Waals surface area contributed by atoms with Crippen LogP contribution >= 0.6 is 0 Å². The molecule has 0 aliphatic rings. The lowest BCUT2D eigenvalue weighted by Gasteiger charge is -2.13. The molecule has 0 spiro atoms. The van der Waals surface area contributed by atoms with Gasteiger partial charge in [-0.15, -0.1) is 0 Å². The molecule has 2 aromatic carbocycles. The van der Waals surface area contributed by atoms with Gasteiger partial charge < -0.3 is 19.9 Å². The van der Waals surface area contributed by atoms with Gasteiger partial charge in [0.25, 0.3) is 0 Å². The van der Waals surface area contributed by atoms with E-state index in [1.165, 1.54) is 0 Å². The smallest absolute Gasteiger partial charge is 0.125 e. The maximum atomic E-state index is 8.77. The summed E-state index contributed by atoms with van der Waals surface area (Å²) in [5.74, 6) is 1.77. The van der Waals surface area contributed by atoms with E-state index in [2.05, 4.69) is 5.32 Å². The zero-order chi connectivity index (χ0) is 16.5. The zero-order valence-corrected chi connectivity index (χ0v) is 13.8. The molecule has 4 nitrogen and oxygen atoms in total. The number of hydrogen-bond acceptors (Lipinski definition) is 4. The Hall–Kier alpha value is -2.04. The van der Waals surface area contributed by atoms with Crippen molar-refractivity contribution in [1.29, 1.82) is 0 Å². The summed E-state index contributed by atoms with van der Waals surface area (Å²) < 4.78 is 11.6. The summed E-state index contributed by atoms with van der Waals surface area (Å²) in [5, 5.41) is 11.9. The van der Waals surface area contributed by atoms with Crippen molar-refractivity contribution < 1.29 is 14.6 Å². The number of aliphatic hydroxyl groups is 1. The molecule has 2 rings (SSSR count). The minimum atomic E-state index is 0.145. The Balaban J connectivity index is 1.79. The fraction of sp³-hybridized carbons (Fsp3) is 0.368. The summed E-state index contributed by atoms with van der Waals surface area (Å²) >= 11 is 0. The van der Waals surface area contributed by atoms with Crippen molar-refractivity contribution >= 4 is 0 Å². The lowest BCUT2D eigenvalue weighted by molar-refractivity contribution is 0.215. The summed E-state index contributed by atoms with van der Waals surface area (Å²) in [4.78, 5) is 0. The largest absolute Gasteiger partial charge is 0.490 e. The molecule has 4 heteroatoms. The van der Waals surface area contributed by atoms with Crippen LogP contribution < -0.4 is 14.8 Å². The third-order valence-electron chi connectivity index (χ3n) is 3.52. The van der Waals surface area contributed by atoms with Gasteiger partial charge >= 0.3 is 0 Å². The van der Waals surface area contributed by atoms with Crippen LogP contribution in [0.25, 0.3) is 0 Å². The molecule has 0 atom stereocenters. The van der Waals surface area contributed by atoms with Crippen molar-refractivity contribution in [3.05, 3.63) is 59.2 Å². The van der Waals surface area contributed by atoms with Crippen molar-refractivity contribution in [3.8, 4) is 11.5 Å². The SMILES string of the molecule is Cc1cccc(C)c1OCCOc1cccc(CNCCO)c1. The average molecular weight is 315 g/mol. The van der Waals surface area contributed by atoms with Gasteiger partial charge in [-0.25, -0.2) is 0 Å². The summed E-state index contributed by atoms with van der Waals surface area (Å²) in [7, 11) is 0. The van der Waals surface area contributed by atoms with Crippen molar-refractivity contribution in [1.82, 2.24) is 5.32 Å². The average Bonchev–Trinajstić information content (AvgIpc) is 2.54. The molecule has 0 unspecified atom stereocenters. The van der Waals surface area contributed by atoms with Crippen molar-refractivity contribution in [2.75, 3.05) is 26.4 Å². The first kappa shape index (κ1) is 17.3. The molecule has 0 bridgehead atoms. The number of nitrogens with one attached hydrogen (secondary N) is 1. The van der Waals surface area contributed by atoms with Crippen LogP contribution in [0.5, 0.6) is 11.5 Å². The molecule has 2 N–H and O–H groups in total. The molecule has 0 radical (unpaired) electrons. The predicted octanol–water partition coefficient (Wildman–Crippen LogP) is 2.84. The second-order valence-corrected chi connectivity index (χ2v) is 5.47. The summed E-state index contributed by atoms with van der Waals surface area (Å²) in [5.41, 5.74) is 3.41. The Labute approximate surface area is 138 Å². The Bertz CT molecular complexity index is 593. The molecule has 0 aliphatic carbocycles. The zero-order valence-electron chi connectivity index (χ0n) is 13.8. The molecule has 0 aromatic heterocycles. The van der Waals surface area contributed by atoms with E-state index >= 15 is 0 Å². The number of benzene rings is 2. The number of aryl methyl sites for hydroxylation is 2. The molecule has 0 heterocycles. The Kier molecular flexibility index (Phi) is 6.91. The van der Waals surface area contributed by atoms with E-state index < -0.39 is 0 Å². The van der Waals surface area contributed by atoms with Crippen molar-refractivity contribution in [3.63, 3.8) is 0 Å². The van der Waals surface area contributed by atoms with Gasteiger partial charge in [0.15, 0.2) is 0 Å². The fourth-order valence-corrected chi connectivity index (χ4v) is 2.39. The highest BCUT2D eigenvalue weighted by molar-refractivity contribution is 5.39. The van der Waals surface area contributed by atoms with Crippen LogP contribution in [0, 0.1) is 13.8 Å². The number of hydrogen-bond donors (Lipinski definition) is 2. The summed E-state index contributed by atoms with van der Waals surface area (Å²) in [6.45, 7) is 6.56. The standard InChI is InChI=1S/C19H25NO3/c1-15-5-3-6-16(2)19(15)23-12-11-22-18-8-4-7-17(13-18)14-20-9-10-21/h3-8,13,20-21H,9-12,14H2,1-2H3. The van der Waals surface area contributed by atoms with Crippen molar-refractivity contribution in [2.24, 2.45) is 0 Å². The quantitative estimate of drug-likeness (QED) is 0.699. The van der Waals surface area contributed by atoms with E-state index in [1.54, 1.807) is 0 Å². The third kappa shape index (κ3) is 5.58. The number of aliphatic hydroxyl groups excluding tert-OH is 1. The molecule has 0 saturated carbocycles. The minimum absolute atomic E-state index is 0.145. The Morgan fingerprint density at radius 2 is 1.65 bits per heavy atom. The topological polar surface area (TPSA) is 50.7 Å². The molecule has 0 fully saturated rings. The van der Waals surface area contributed by atoms with Crippen LogP contribution in [-0.4, -0.2) is 31.5 Å². The Morgan fingerprint density at radius 1 is 0.957 bits per heavy atom. The second-order valence-electron chi connectivity index (χ2n) is 5.47. The van der Waals surface area contributed by atoms with Gasteiger partial charge in [0.05, 0.1) is 6.61 Å². The first-order valence-corrected chi connectivity index (χ1v) is 7.93. The van der Waals surface area contributed by atoms with Crippen LogP contribution in [0.4, 0.5) is 0 Å². The lowest BCUT2D eigenvalue weighted by Crippen LogP contribution is -2.17. The van der Waals surface area contributed by atoms with E-state index in [0.29, 0.717) is 19.8 Å². The van der Waals surface area contributed by atoms with Crippen LogP contribution in [-0.2, 0) is 6.54 Å². The molecule has 0 amide bonds. The van der Waals surface area contributed by atoms with Gasteiger partial charge in [0.2, 0.25) is 0 Å². The summed E-state index contributed by atoms with van der Waals surface area (Å²) in [6.07, 6.45) is 0. The second kappa shape index (κ2) is 9.18. The lowest BCUT2D eigenvalue weighted by atomic mass is 10.1. The first-order chi connectivity index (χ1) is 11.2. The maximum absolute atomic E-state index is 8.77. The number of rotatable bonds is 9. The Morgan fingerprint density at radius 3 is 2.39 bits per heavy atom. The molecular formula is C19H25NO3. The highest BCUT2D eigenvalue weighted by atomic mass is 16.5. The van der Waals surface area contributed by atoms with Gasteiger partial charge in [0.1, 0.15) is 24.7 Å². The highest BCUT2D eigenvalue weighted by Gasteiger charge is 2.03. The molecule has 2 aromatic rings. The minimum Gasteiger partial charge on any atom is -0.490 e. The molecule has 124 valence electrons. The predicted molar refractivity (Wildman–Crippen MR) is 92.1 cm³/mol. The van der Waals surface area contributed by atoms with E-state index in [1.807, 2.05) is 56.3 Å². The van der Waals surface area contributed by atoms with Crippen molar-refractivity contribution in [2.45, 2.75) is 20.4 Å². The van der Waals surface area contributed by atoms with Gasteiger partial charge in [-0.3, -0.25) is 0 Å². The van der Waals surface area contributed by atoms with E-state index in [9.17, 15) is 0 Å². The van der Waals surface area contributed by atoms with Gasteiger partial charge in [-0.1, -0.05) is 30.3 Å². The van der Waals surface area contributed by atoms with E-state index in [4.69, 9.17) is 14.6 Å². The van der Waals surface area contributed by atoms with Gasteiger partial charge in [-0.2, -0.15) is 0 Å². The third-order valence-corrected chi connectivity index (χ3v) is 3.52. The van der Waals surface area contributed by atoms with Crippen LogP contribution in [0.1, 0.15) is 16.7 Å². The highest BCUT2D eigenvalue weighted by Crippen LogP contribution is 2.22. The summed E-state index contributed by atoms with van der Waals surface area (Å²) in [6, 6.07) is 14.1. The molecular weight excluding hydrogens is 290 g/mol. The molecule has 0 aliphatic heterocycles. The van der Waals surface area contributed by atoms with Crippen LogP contribution in [0.3, 0.4) is 0 Å². The normalized spacial score (nSPS) is 10.6. The van der Waals surface area contributed by atoms with Crippen LogP contribution in [0.15, 0.2) is 42.5 Å². The monoisotopic (exact) mass is 315 g/mol. The van der Waals surface area contributed by atoms with E-state index in [0.717, 1.165) is 34.7 Å². The number of para-hydroxylation sites is 1. The number of ether oxygens (including phenoxy) is 2. The van der Waals surface area contributed by atoms with Crippen LogP contribution in [0.2, 0.25) is 0 Å². The molecule has 0 saturated heterocycles. The van der Waals surface area contributed by atoms with Gasteiger partial charge in [0, 0.05) is 13.1 Å². The maximum Gasteiger partial charge on any atom is 0.125 e. The first-order valence-electron chi connectivity index (χ1n) is 7.93. The fourth-order valence-electron chi connectivity index (χ4n) is 2.39. The van der Waals surface area contributed by atoms with E-state index in [-0.39, 0.29) is 6.61 Å².